The third-order valence-electron chi connectivity index (χ3n) is 8.45. The Balaban J connectivity index is 1.61. The molecule has 44 heavy (non-hydrogen) atoms. The van der Waals surface area contributed by atoms with Crippen LogP contribution in [0.5, 0.6) is 0 Å². The SMILES string of the molecule is C[N+]1=C(/C=C/C=C/C=C2/N(CCCCCC(=O)O)c3ccc(S(=O)(=O)[O-])cc3C2(C)C)C(C)(C)c2cc(S(=O)(=O)[O-])ccc21. The van der Waals surface area contributed by atoms with E-state index >= 15 is 0 Å². The lowest BCUT2D eigenvalue weighted by Crippen LogP contribution is -2.27. The van der Waals surface area contributed by atoms with Crippen LogP contribution < -0.4 is 4.90 Å². The number of hydrogen-bond donors (Lipinski definition) is 1. The Labute approximate surface area is 259 Å². The summed E-state index contributed by atoms with van der Waals surface area (Å²) in [6, 6.07) is 8.81. The van der Waals surface area contributed by atoms with Crippen LogP contribution in [0.1, 0.15) is 64.5 Å². The van der Waals surface area contributed by atoms with Crippen molar-refractivity contribution < 1.29 is 40.4 Å². The van der Waals surface area contributed by atoms with Gasteiger partial charge in [0.05, 0.1) is 15.2 Å². The number of allylic oxidation sites excluding steroid dienone is 6. The number of rotatable bonds is 11. The molecular weight excluding hydrogens is 604 g/mol. The molecular formula is C32H37N2O8S2-. The summed E-state index contributed by atoms with van der Waals surface area (Å²) >= 11 is 0. The zero-order chi connectivity index (χ0) is 32.7. The first-order valence-corrected chi connectivity index (χ1v) is 17.1. The predicted molar refractivity (Wildman–Crippen MR) is 166 cm³/mol. The molecule has 0 spiro atoms. The summed E-state index contributed by atoms with van der Waals surface area (Å²) < 4.78 is 72.1. The Bertz CT molecular complexity index is 1830. The van der Waals surface area contributed by atoms with Crippen LogP contribution in [0.4, 0.5) is 11.4 Å². The molecule has 2 aliphatic rings. The Morgan fingerprint density at radius 3 is 2.09 bits per heavy atom. The number of aliphatic carboxylic acids is 1. The number of unbranched alkanes of at least 4 members (excludes halogenated alkanes) is 2. The van der Waals surface area contributed by atoms with E-state index in [0.717, 1.165) is 40.3 Å². The largest absolute Gasteiger partial charge is 0.744 e. The molecule has 2 heterocycles. The first-order valence-electron chi connectivity index (χ1n) is 14.2. The summed E-state index contributed by atoms with van der Waals surface area (Å²) in [6.45, 7) is 8.44. The van der Waals surface area contributed by atoms with E-state index in [1.165, 1.54) is 24.3 Å². The fraction of sp³-hybridized carbons (Fsp3) is 0.375. The van der Waals surface area contributed by atoms with Crippen LogP contribution in [0.3, 0.4) is 0 Å². The van der Waals surface area contributed by atoms with Gasteiger partial charge in [-0.2, -0.15) is 4.58 Å². The van der Waals surface area contributed by atoms with Gasteiger partial charge in [-0.15, -0.1) is 0 Å². The van der Waals surface area contributed by atoms with E-state index in [0.29, 0.717) is 19.4 Å². The van der Waals surface area contributed by atoms with Crippen LogP contribution in [0, 0.1) is 0 Å². The zero-order valence-corrected chi connectivity index (χ0v) is 27.0. The Morgan fingerprint density at radius 1 is 0.864 bits per heavy atom. The number of hydrogen-bond acceptors (Lipinski definition) is 8. The highest BCUT2D eigenvalue weighted by Gasteiger charge is 2.43. The second-order valence-corrected chi connectivity index (χ2v) is 14.9. The minimum Gasteiger partial charge on any atom is -0.744 e. The molecule has 0 bridgehead atoms. The number of anilines is 1. The standard InChI is InChI=1S/C32H38N2O8S2/c1-31(2)24-20-22(43(37,38)39)15-17-26(24)33(5)28(31)12-8-6-9-13-29-32(3,4)25-21-23(44(40,41)42)16-18-27(25)34(29)19-11-7-10-14-30(35)36/h6,8-9,12-13,15-18,20-21H,7,10-11,14,19H2,1-5H3,(H2-,35,36,37,38,39,40,41,42)/p-1. The van der Waals surface area contributed by atoms with Gasteiger partial charge in [-0.1, -0.05) is 38.5 Å². The van der Waals surface area contributed by atoms with Crippen molar-refractivity contribution in [1.29, 1.82) is 0 Å². The van der Waals surface area contributed by atoms with Crippen LogP contribution in [-0.2, 0) is 35.9 Å². The van der Waals surface area contributed by atoms with Gasteiger partial charge in [0.1, 0.15) is 27.3 Å². The van der Waals surface area contributed by atoms with E-state index in [1.807, 2.05) is 69.7 Å². The van der Waals surface area contributed by atoms with Gasteiger partial charge in [0.15, 0.2) is 5.71 Å². The Morgan fingerprint density at radius 2 is 1.48 bits per heavy atom. The van der Waals surface area contributed by atoms with Crippen LogP contribution in [0.2, 0.25) is 0 Å². The van der Waals surface area contributed by atoms with Gasteiger partial charge in [0.25, 0.3) is 0 Å². The smallest absolute Gasteiger partial charge is 0.303 e. The molecule has 1 N–H and O–H groups in total. The maximum absolute atomic E-state index is 11.8. The summed E-state index contributed by atoms with van der Waals surface area (Å²) in [5, 5.41) is 8.95. The minimum absolute atomic E-state index is 0.0968. The molecule has 0 saturated carbocycles. The molecule has 0 atom stereocenters. The predicted octanol–water partition coefficient (Wildman–Crippen LogP) is 4.94. The van der Waals surface area contributed by atoms with Crippen molar-refractivity contribution in [3.8, 4) is 0 Å². The average molecular weight is 642 g/mol. The van der Waals surface area contributed by atoms with E-state index in [4.69, 9.17) is 5.11 Å². The fourth-order valence-electron chi connectivity index (χ4n) is 6.10. The summed E-state index contributed by atoms with van der Waals surface area (Å²) in [4.78, 5) is 12.4. The van der Waals surface area contributed by atoms with E-state index in [1.54, 1.807) is 12.1 Å². The lowest BCUT2D eigenvalue weighted by Gasteiger charge is -2.27. The summed E-state index contributed by atoms with van der Waals surface area (Å²) in [6.07, 6.45) is 11.6. The van der Waals surface area contributed by atoms with E-state index in [9.17, 15) is 30.7 Å². The van der Waals surface area contributed by atoms with Crippen molar-refractivity contribution in [2.24, 2.45) is 0 Å². The molecule has 2 aromatic carbocycles. The van der Waals surface area contributed by atoms with Gasteiger partial charge >= 0.3 is 5.97 Å². The van der Waals surface area contributed by atoms with Gasteiger partial charge in [-0.25, -0.2) is 16.8 Å². The van der Waals surface area contributed by atoms with Crippen molar-refractivity contribution in [3.05, 3.63) is 83.6 Å². The van der Waals surface area contributed by atoms with Crippen molar-refractivity contribution in [2.45, 2.75) is 74.0 Å². The maximum Gasteiger partial charge on any atom is 0.303 e. The number of benzene rings is 2. The molecule has 10 nitrogen and oxygen atoms in total. The van der Waals surface area contributed by atoms with Gasteiger partial charge in [0, 0.05) is 47.5 Å². The molecule has 0 unspecified atom stereocenters. The summed E-state index contributed by atoms with van der Waals surface area (Å²) in [5.41, 5.74) is 3.72. The van der Waals surface area contributed by atoms with Gasteiger partial charge in [-0.3, -0.25) is 4.79 Å². The third-order valence-corrected chi connectivity index (χ3v) is 10.1. The number of carboxylic acids is 1. The Kier molecular flexibility index (Phi) is 9.14. The molecule has 12 heteroatoms. The molecule has 236 valence electrons. The maximum atomic E-state index is 11.8. The highest BCUT2D eigenvalue weighted by atomic mass is 32.2. The quantitative estimate of drug-likeness (QED) is 0.155. The molecule has 0 saturated heterocycles. The highest BCUT2D eigenvalue weighted by Crippen LogP contribution is 2.48. The first-order chi connectivity index (χ1) is 20.4. The number of fused-ring (bicyclic) bond motifs is 2. The van der Waals surface area contributed by atoms with Crippen LogP contribution in [0.25, 0.3) is 0 Å². The van der Waals surface area contributed by atoms with Gasteiger partial charge < -0.3 is 19.1 Å². The second kappa shape index (κ2) is 12.1. The number of carboxylic acid groups (broad SMARTS) is 1. The van der Waals surface area contributed by atoms with Crippen molar-refractivity contribution in [3.63, 3.8) is 0 Å². The summed E-state index contributed by atoms with van der Waals surface area (Å²) in [5.74, 6) is -0.836. The van der Waals surface area contributed by atoms with Gasteiger partial charge in [-0.05, 0) is 68.7 Å². The molecule has 0 aliphatic carbocycles. The fourth-order valence-corrected chi connectivity index (χ4v) is 7.10. The van der Waals surface area contributed by atoms with E-state index in [-0.39, 0.29) is 16.2 Å². The van der Waals surface area contributed by atoms with Crippen LogP contribution in [0.15, 0.2) is 82.3 Å². The first kappa shape index (κ1) is 33.3. The van der Waals surface area contributed by atoms with Crippen LogP contribution >= 0.6 is 0 Å². The molecule has 0 radical (unpaired) electrons. The van der Waals surface area contributed by atoms with Crippen molar-refractivity contribution in [1.82, 2.24) is 0 Å². The number of carbonyl (C=O) groups is 1. The molecule has 0 amide bonds. The molecule has 2 aliphatic heterocycles. The average Bonchev–Trinajstić information content (AvgIpc) is 3.25. The number of nitrogens with zero attached hydrogens (tertiary/aromatic N) is 2. The zero-order valence-electron chi connectivity index (χ0n) is 25.4. The molecule has 0 fully saturated rings. The topological polar surface area (TPSA) is 158 Å². The van der Waals surface area contributed by atoms with E-state index < -0.39 is 37.0 Å². The summed E-state index contributed by atoms with van der Waals surface area (Å²) in [7, 11) is -7.34. The molecule has 0 aromatic heterocycles. The molecule has 4 rings (SSSR count). The monoisotopic (exact) mass is 641 g/mol. The second-order valence-electron chi connectivity index (χ2n) is 12.1. The normalized spacial score (nSPS) is 18.5. The third kappa shape index (κ3) is 6.58. The van der Waals surface area contributed by atoms with E-state index in [2.05, 4.69) is 4.90 Å². The molecule has 2 aromatic rings. The minimum atomic E-state index is -4.64. The van der Waals surface area contributed by atoms with Crippen LogP contribution in [-0.4, -0.2) is 60.9 Å². The highest BCUT2D eigenvalue weighted by molar-refractivity contribution is 7.86. The van der Waals surface area contributed by atoms with Gasteiger partial charge in [0.2, 0.25) is 5.69 Å². The van der Waals surface area contributed by atoms with Crippen molar-refractivity contribution >= 4 is 43.3 Å². The van der Waals surface area contributed by atoms with Crippen molar-refractivity contribution in [2.75, 3.05) is 18.5 Å². The lowest BCUT2D eigenvalue weighted by molar-refractivity contribution is -0.401. The lowest BCUT2D eigenvalue weighted by atomic mass is 9.81. The Hall–Kier alpha value is -3.58.